The van der Waals surface area contributed by atoms with Crippen LogP contribution in [0, 0.1) is 5.92 Å². The lowest BCUT2D eigenvalue weighted by Crippen LogP contribution is -2.24. The van der Waals surface area contributed by atoms with Crippen LogP contribution in [0.3, 0.4) is 0 Å². The summed E-state index contributed by atoms with van der Waals surface area (Å²) in [7, 11) is 3.48. The van der Waals surface area contributed by atoms with Gasteiger partial charge in [0.1, 0.15) is 5.82 Å². The van der Waals surface area contributed by atoms with Gasteiger partial charge < -0.3 is 20.5 Å². The van der Waals surface area contributed by atoms with Crippen LogP contribution in [0.5, 0.6) is 11.5 Å². The molecule has 1 saturated heterocycles. The number of methoxy groups -OCH3 is 1. The highest BCUT2D eigenvalue weighted by Gasteiger charge is 2.34. The standard InChI is InChI=1S/C20H27N5O2/c1-22-19-16(10-23-20(21)24-19)14-3-6-17(26-2)18(9-14)27-12-13-7-8-25(11-13)15-4-5-15/h3,6,9-10,13,15H,4-5,7-8,11-12H2,1-2H3,(H3,21,22,23,24). The van der Waals surface area contributed by atoms with Gasteiger partial charge in [-0.2, -0.15) is 4.98 Å². The molecule has 0 radical (unpaired) electrons. The third-order valence-electron chi connectivity index (χ3n) is 5.37. The SMILES string of the molecule is CNc1nc(N)ncc1-c1ccc(OC)c(OCC2CCN(C3CC3)C2)c1. The zero-order chi connectivity index (χ0) is 18.8. The summed E-state index contributed by atoms with van der Waals surface area (Å²) in [5.41, 5.74) is 7.53. The summed E-state index contributed by atoms with van der Waals surface area (Å²) in [4.78, 5) is 11.0. The van der Waals surface area contributed by atoms with Gasteiger partial charge in [-0.1, -0.05) is 6.07 Å². The van der Waals surface area contributed by atoms with E-state index in [9.17, 15) is 0 Å². The number of nitrogens with two attached hydrogens (primary N) is 1. The van der Waals surface area contributed by atoms with Crippen molar-refractivity contribution in [1.29, 1.82) is 0 Å². The Hall–Kier alpha value is -2.54. The normalized spacial score (nSPS) is 19.9. The number of benzene rings is 1. The zero-order valence-corrected chi connectivity index (χ0v) is 15.9. The summed E-state index contributed by atoms with van der Waals surface area (Å²) in [6.07, 6.45) is 5.65. The highest BCUT2D eigenvalue weighted by Crippen LogP contribution is 2.36. The van der Waals surface area contributed by atoms with Crippen molar-refractivity contribution in [1.82, 2.24) is 14.9 Å². The lowest BCUT2D eigenvalue weighted by atomic mass is 10.1. The molecule has 27 heavy (non-hydrogen) atoms. The van der Waals surface area contributed by atoms with E-state index >= 15 is 0 Å². The van der Waals surface area contributed by atoms with Gasteiger partial charge in [0.25, 0.3) is 0 Å². The molecule has 1 aliphatic heterocycles. The maximum Gasteiger partial charge on any atom is 0.221 e. The van der Waals surface area contributed by atoms with Crippen molar-refractivity contribution >= 4 is 11.8 Å². The molecule has 1 aliphatic carbocycles. The van der Waals surface area contributed by atoms with E-state index in [2.05, 4.69) is 20.2 Å². The highest BCUT2D eigenvalue weighted by molar-refractivity contribution is 5.76. The third-order valence-corrected chi connectivity index (χ3v) is 5.37. The number of aromatic nitrogens is 2. The Balaban J connectivity index is 1.51. The van der Waals surface area contributed by atoms with Crippen LogP contribution in [-0.2, 0) is 0 Å². The average molecular weight is 369 g/mol. The van der Waals surface area contributed by atoms with Crippen LogP contribution in [0.1, 0.15) is 19.3 Å². The third kappa shape index (κ3) is 3.93. The molecule has 2 aliphatic rings. The molecular formula is C20H27N5O2. The first kappa shape index (κ1) is 17.9. The lowest BCUT2D eigenvalue weighted by Gasteiger charge is -2.17. The van der Waals surface area contributed by atoms with Gasteiger partial charge in [0.2, 0.25) is 5.95 Å². The van der Waals surface area contributed by atoms with E-state index in [4.69, 9.17) is 15.2 Å². The van der Waals surface area contributed by atoms with Crippen molar-refractivity contribution in [3.05, 3.63) is 24.4 Å². The van der Waals surface area contributed by atoms with E-state index in [1.807, 2.05) is 25.2 Å². The molecule has 7 nitrogen and oxygen atoms in total. The molecule has 1 unspecified atom stereocenters. The van der Waals surface area contributed by atoms with Crippen molar-refractivity contribution in [2.45, 2.75) is 25.3 Å². The molecule has 1 aromatic carbocycles. The molecule has 7 heteroatoms. The number of hydrogen-bond acceptors (Lipinski definition) is 7. The molecule has 3 N–H and O–H groups in total. The van der Waals surface area contributed by atoms with Crippen LogP contribution < -0.4 is 20.5 Å². The van der Waals surface area contributed by atoms with E-state index in [1.54, 1.807) is 13.3 Å². The molecule has 2 aromatic rings. The Morgan fingerprint density at radius 2 is 2.11 bits per heavy atom. The van der Waals surface area contributed by atoms with Crippen molar-refractivity contribution < 1.29 is 9.47 Å². The Morgan fingerprint density at radius 1 is 1.26 bits per heavy atom. The topological polar surface area (TPSA) is 85.5 Å². The number of rotatable bonds is 7. The number of ether oxygens (including phenoxy) is 2. The van der Waals surface area contributed by atoms with Gasteiger partial charge in [0.15, 0.2) is 11.5 Å². The minimum Gasteiger partial charge on any atom is -0.493 e. The minimum absolute atomic E-state index is 0.245. The van der Waals surface area contributed by atoms with Crippen molar-refractivity contribution in [2.24, 2.45) is 5.92 Å². The predicted octanol–water partition coefficient (Wildman–Crippen LogP) is 2.64. The molecule has 1 atom stereocenters. The molecule has 0 spiro atoms. The van der Waals surface area contributed by atoms with Gasteiger partial charge in [-0.25, -0.2) is 4.98 Å². The van der Waals surface area contributed by atoms with Crippen LogP contribution in [0.25, 0.3) is 11.1 Å². The van der Waals surface area contributed by atoms with Gasteiger partial charge in [-0.05, 0) is 43.5 Å². The number of hydrogen-bond donors (Lipinski definition) is 2. The van der Waals surface area contributed by atoms with Crippen LogP contribution in [-0.4, -0.2) is 54.8 Å². The smallest absolute Gasteiger partial charge is 0.221 e. The first-order chi connectivity index (χ1) is 13.2. The molecule has 2 fully saturated rings. The molecule has 2 heterocycles. The van der Waals surface area contributed by atoms with Crippen molar-refractivity contribution in [2.75, 3.05) is 44.9 Å². The second-order valence-electron chi connectivity index (χ2n) is 7.30. The molecule has 0 amide bonds. The highest BCUT2D eigenvalue weighted by atomic mass is 16.5. The molecule has 144 valence electrons. The van der Waals surface area contributed by atoms with Gasteiger partial charge in [-0.15, -0.1) is 0 Å². The number of nitrogens with zero attached hydrogens (tertiary/aromatic N) is 3. The van der Waals surface area contributed by atoms with E-state index in [0.29, 0.717) is 18.3 Å². The van der Waals surface area contributed by atoms with Crippen LogP contribution in [0.4, 0.5) is 11.8 Å². The first-order valence-corrected chi connectivity index (χ1v) is 9.53. The summed E-state index contributed by atoms with van der Waals surface area (Å²) in [5.74, 6) is 2.99. The average Bonchev–Trinajstić information content (AvgIpc) is 3.44. The van der Waals surface area contributed by atoms with Gasteiger partial charge in [0.05, 0.1) is 13.7 Å². The van der Waals surface area contributed by atoms with E-state index in [-0.39, 0.29) is 5.95 Å². The predicted molar refractivity (Wildman–Crippen MR) is 106 cm³/mol. The quantitative estimate of drug-likeness (QED) is 0.776. The Bertz CT molecular complexity index is 809. The maximum atomic E-state index is 6.18. The summed E-state index contributed by atoms with van der Waals surface area (Å²) >= 11 is 0. The fourth-order valence-electron chi connectivity index (χ4n) is 3.73. The monoisotopic (exact) mass is 369 g/mol. The van der Waals surface area contributed by atoms with E-state index in [1.165, 1.54) is 25.8 Å². The minimum atomic E-state index is 0.245. The first-order valence-electron chi connectivity index (χ1n) is 9.53. The maximum absolute atomic E-state index is 6.18. The largest absolute Gasteiger partial charge is 0.493 e. The van der Waals surface area contributed by atoms with Crippen LogP contribution in [0.15, 0.2) is 24.4 Å². The summed E-state index contributed by atoms with van der Waals surface area (Å²) in [5, 5.41) is 3.07. The molecule has 1 aromatic heterocycles. The van der Waals surface area contributed by atoms with Gasteiger partial charge in [0, 0.05) is 37.3 Å². The Morgan fingerprint density at radius 3 is 2.85 bits per heavy atom. The van der Waals surface area contributed by atoms with Crippen molar-refractivity contribution in [3.8, 4) is 22.6 Å². The zero-order valence-electron chi connectivity index (χ0n) is 15.9. The number of nitrogen functional groups attached to an aromatic ring is 1. The van der Waals surface area contributed by atoms with E-state index < -0.39 is 0 Å². The lowest BCUT2D eigenvalue weighted by molar-refractivity contribution is 0.230. The van der Waals surface area contributed by atoms with Crippen molar-refractivity contribution in [3.63, 3.8) is 0 Å². The molecule has 1 saturated carbocycles. The molecule has 4 rings (SSSR count). The number of nitrogens with one attached hydrogen (secondary N) is 1. The second-order valence-corrected chi connectivity index (χ2v) is 7.30. The van der Waals surface area contributed by atoms with E-state index in [0.717, 1.165) is 35.2 Å². The fraction of sp³-hybridized carbons (Fsp3) is 0.500. The molecular weight excluding hydrogens is 342 g/mol. The molecule has 0 bridgehead atoms. The van der Waals surface area contributed by atoms with Gasteiger partial charge in [-0.3, -0.25) is 4.90 Å². The van der Waals surface area contributed by atoms with Gasteiger partial charge >= 0.3 is 0 Å². The Kier molecular flexibility index (Phi) is 5.03. The fourth-order valence-corrected chi connectivity index (χ4v) is 3.73. The summed E-state index contributed by atoms with van der Waals surface area (Å²) < 4.78 is 11.7. The van der Waals surface area contributed by atoms with Crippen LogP contribution in [0.2, 0.25) is 0 Å². The second kappa shape index (κ2) is 7.60. The number of anilines is 2. The summed E-state index contributed by atoms with van der Waals surface area (Å²) in [6, 6.07) is 6.72. The Labute approximate surface area is 159 Å². The summed E-state index contributed by atoms with van der Waals surface area (Å²) in [6.45, 7) is 3.05. The number of likely N-dealkylation sites (tertiary alicyclic amines) is 1. The van der Waals surface area contributed by atoms with Crippen LogP contribution >= 0.6 is 0 Å².